The SMILES string of the molecule is Cc1cccc(-n2c(=O)[nH]c3cc(Cl)cc(Cl)c3c2=O)c1. The highest BCUT2D eigenvalue weighted by Gasteiger charge is 2.13. The van der Waals surface area contributed by atoms with Crippen LogP contribution in [-0.4, -0.2) is 9.55 Å². The van der Waals surface area contributed by atoms with Gasteiger partial charge in [-0.15, -0.1) is 0 Å². The number of hydrogen-bond donors (Lipinski definition) is 1. The van der Waals surface area contributed by atoms with Gasteiger partial charge in [-0.2, -0.15) is 0 Å². The first kappa shape index (κ1) is 13.9. The molecule has 0 fully saturated rings. The van der Waals surface area contributed by atoms with Crippen molar-refractivity contribution in [1.82, 2.24) is 9.55 Å². The van der Waals surface area contributed by atoms with Gasteiger partial charge in [0.1, 0.15) is 0 Å². The normalized spacial score (nSPS) is 11.0. The summed E-state index contributed by atoms with van der Waals surface area (Å²) in [4.78, 5) is 27.5. The third-order valence-electron chi connectivity index (χ3n) is 3.18. The van der Waals surface area contributed by atoms with Crippen LogP contribution in [0.3, 0.4) is 0 Å². The van der Waals surface area contributed by atoms with E-state index in [-0.39, 0.29) is 10.4 Å². The molecule has 0 spiro atoms. The van der Waals surface area contributed by atoms with Crippen molar-refractivity contribution in [1.29, 1.82) is 0 Å². The Morgan fingerprint density at radius 1 is 1.10 bits per heavy atom. The predicted octanol–water partition coefficient (Wildman–Crippen LogP) is 3.29. The molecule has 106 valence electrons. The first-order chi connectivity index (χ1) is 9.97. The summed E-state index contributed by atoms with van der Waals surface area (Å²) in [6.45, 7) is 1.89. The molecule has 0 aliphatic heterocycles. The Bertz CT molecular complexity index is 974. The topological polar surface area (TPSA) is 54.9 Å². The van der Waals surface area contributed by atoms with Crippen molar-refractivity contribution in [2.45, 2.75) is 6.92 Å². The lowest BCUT2D eigenvalue weighted by Gasteiger charge is -2.08. The van der Waals surface area contributed by atoms with E-state index in [4.69, 9.17) is 23.2 Å². The zero-order valence-electron chi connectivity index (χ0n) is 11.0. The highest BCUT2D eigenvalue weighted by atomic mass is 35.5. The van der Waals surface area contributed by atoms with E-state index in [0.29, 0.717) is 16.2 Å². The lowest BCUT2D eigenvalue weighted by Crippen LogP contribution is -2.33. The van der Waals surface area contributed by atoms with Crippen molar-refractivity contribution in [3.63, 3.8) is 0 Å². The average Bonchev–Trinajstić information content (AvgIpc) is 2.37. The Morgan fingerprint density at radius 3 is 2.57 bits per heavy atom. The number of aromatic nitrogens is 2. The number of aryl methyl sites for hydroxylation is 1. The summed E-state index contributed by atoms with van der Waals surface area (Å²) >= 11 is 12.0. The van der Waals surface area contributed by atoms with Gasteiger partial charge < -0.3 is 4.98 Å². The van der Waals surface area contributed by atoms with Crippen molar-refractivity contribution >= 4 is 34.1 Å². The minimum absolute atomic E-state index is 0.208. The molecule has 0 atom stereocenters. The maximum atomic E-state index is 12.6. The van der Waals surface area contributed by atoms with E-state index >= 15 is 0 Å². The highest BCUT2D eigenvalue weighted by Crippen LogP contribution is 2.23. The molecule has 3 aromatic rings. The molecule has 4 nitrogen and oxygen atoms in total. The zero-order valence-corrected chi connectivity index (χ0v) is 12.5. The van der Waals surface area contributed by atoms with Crippen LogP contribution in [0.4, 0.5) is 0 Å². The molecule has 2 aromatic carbocycles. The number of rotatable bonds is 1. The standard InChI is InChI=1S/C15H10Cl2N2O2/c1-8-3-2-4-10(5-8)19-14(20)13-11(17)6-9(16)7-12(13)18-15(19)21/h2-7H,1H3,(H,18,21). The van der Waals surface area contributed by atoms with Crippen molar-refractivity contribution < 1.29 is 0 Å². The fraction of sp³-hybridized carbons (Fsp3) is 0.0667. The van der Waals surface area contributed by atoms with Crippen LogP contribution in [0.5, 0.6) is 0 Å². The number of halogens is 2. The van der Waals surface area contributed by atoms with Crippen LogP contribution in [0.15, 0.2) is 46.0 Å². The third-order valence-corrected chi connectivity index (χ3v) is 3.69. The van der Waals surface area contributed by atoms with Gasteiger partial charge in [-0.05, 0) is 36.8 Å². The van der Waals surface area contributed by atoms with Gasteiger partial charge in [-0.25, -0.2) is 9.36 Å². The second-order valence-corrected chi connectivity index (χ2v) is 5.56. The van der Waals surface area contributed by atoms with Crippen molar-refractivity contribution in [3.05, 3.63) is 72.8 Å². The molecule has 0 bridgehead atoms. The fourth-order valence-corrected chi connectivity index (χ4v) is 2.84. The summed E-state index contributed by atoms with van der Waals surface area (Å²) in [5.41, 5.74) is 0.763. The summed E-state index contributed by atoms with van der Waals surface area (Å²) in [7, 11) is 0. The molecule has 1 aromatic heterocycles. The Labute approximate surface area is 129 Å². The second kappa shape index (κ2) is 5.06. The summed E-state index contributed by atoms with van der Waals surface area (Å²) in [5.74, 6) is 0. The summed E-state index contributed by atoms with van der Waals surface area (Å²) in [6, 6.07) is 10.1. The largest absolute Gasteiger partial charge is 0.333 e. The van der Waals surface area contributed by atoms with Gasteiger partial charge >= 0.3 is 5.69 Å². The van der Waals surface area contributed by atoms with Gasteiger partial charge in [0.15, 0.2) is 0 Å². The molecule has 1 heterocycles. The summed E-state index contributed by atoms with van der Waals surface area (Å²) in [5, 5.41) is 0.804. The molecule has 0 saturated carbocycles. The summed E-state index contributed by atoms with van der Waals surface area (Å²) < 4.78 is 1.06. The number of benzene rings is 2. The van der Waals surface area contributed by atoms with Gasteiger partial charge in [0.25, 0.3) is 5.56 Å². The first-order valence-electron chi connectivity index (χ1n) is 6.18. The van der Waals surface area contributed by atoms with Crippen molar-refractivity contribution in [3.8, 4) is 5.69 Å². The minimum Gasteiger partial charge on any atom is -0.306 e. The first-order valence-corrected chi connectivity index (χ1v) is 6.94. The molecule has 0 radical (unpaired) electrons. The second-order valence-electron chi connectivity index (χ2n) is 4.72. The predicted molar refractivity (Wildman–Crippen MR) is 84.9 cm³/mol. The third kappa shape index (κ3) is 2.37. The number of fused-ring (bicyclic) bond motifs is 1. The molecule has 6 heteroatoms. The van der Waals surface area contributed by atoms with Crippen LogP contribution >= 0.6 is 23.2 Å². The van der Waals surface area contributed by atoms with E-state index in [1.54, 1.807) is 18.2 Å². The van der Waals surface area contributed by atoms with Crippen LogP contribution in [0.2, 0.25) is 10.0 Å². The number of aromatic amines is 1. The molecule has 0 amide bonds. The van der Waals surface area contributed by atoms with Gasteiger partial charge in [-0.3, -0.25) is 4.79 Å². The Kier molecular flexibility index (Phi) is 3.35. The van der Waals surface area contributed by atoms with Crippen LogP contribution in [0.1, 0.15) is 5.56 Å². The average molecular weight is 321 g/mol. The number of nitrogens with zero attached hydrogens (tertiary/aromatic N) is 1. The molecule has 0 aliphatic rings. The quantitative estimate of drug-likeness (QED) is 0.748. The van der Waals surface area contributed by atoms with Gasteiger partial charge in [0.05, 0.1) is 21.6 Å². The maximum absolute atomic E-state index is 12.6. The maximum Gasteiger partial charge on any atom is 0.333 e. The molecular formula is C15H10Cl2N2O2. The van der Waals surface area contributed by atoms with Crippen LogP contribution < -0.4 is 11.2 Å². The van der Waals surface area contributed by atoms with E-state index in [2.05, 4.69) is 4.98 Å². The molecular weight excluding hydrogens is 311 g/mol. The Morgan fingerprint density at radius 2 is 1.86 bits per heavy atom. The Balaban J connectivity index is 2.46. The van der Waals surface area contributed by atoms with E-state index < -0.39 is 11.2 Å². The molecule has 3 rings (SSSR count). The highest BCUT2D eigenvalue weighted by molar-refractivity contribution is 6.38. The number of H-pyrrole nitrogens is 1. The van der Waals surface area contributed by atoms with Crippen LogP contribution in [0.25, 0.3) is 16.6 Å². The van der Waals surface area contributed by atoms with Crippen LogP contribution in [0, 0.1) is 6.92 Å². The van der Waals surface area contributed by atoms with Crippen molar-refractivity contribution in [2.75, 3.05) is 0 Å². The molecule has 0 aliphatic carbocycles. The Hall–Kier alpha value is -2.04. The number of nitrogens with one attached hydrogen (secondary N) is 1. The van der Waals surface area contributed by atoms with Gasteiger partial charge in [0.2, 0.25) is 0 Å². The minimum atomic E-state index is -0.531. The van der Waals surface area contributed by atoms with Crippen LogP contribution in [-0.2, 0) is 0 Å². The zero-order chi connectivity index (χ0) is 15.1. The van der Waals surface area contributed by atoms with E-state index in [1.165, 1.54) is 12.1 Å². The lowest BCUT2D eigenvalue weighted by atomic mass is 10.2. The van der Waals surface area contributed by atoms with E-state index in [1.807, 2.05) is 13.0 Å². The summed E-state index contributed by atoms with van der Waals surface area (Å²) in [6.07, 6.45) is 0. The smallest absolute Gasteiger partial charge is 0.306 e. The number of hydrogen-bond acceptors (Lipinski definition) is 2. The molecule has 1 N–H and O–H groups in total. The molecule has 0 saturated heterocycles. The van der Waals surface area contributed by atoms with Gasteiger partial charge in [-0.1, -0.05) is 35.3 Å². The lowest BCUT2D eigenvalue weighted by molar-refractivity contribution is 0.900. The van der Waals surface area contributed by atoms with E-state index in [9.17, 15) is 9.59 Å². The van der Waals surface area contributed by atoms with Crippen molar-refractivity contribution in [2.24, 2.45) is 0 Å². The monoisotopic (exact) mass is 320 g/mol. The molecule has 21 heavy (non-hydrogen) atoms. The van der Waals surface area contributed by atoms with Gasteiger partial charge in [0, 0.05) is 5.02 Å². The fourth-order valence-electron chi connectivity index (χ4n) is 2.27. The van der Waals surface area contributed by atoms with E-state index in [0.717, 1.165) is 10.1 Å². The molecule has 0 unspecified atom stereocenters.